The Hall–Kier alpha value is -1.82. The number of aromatic nitrogens is 1. The molecule has 0 atom stereocenters. The molecule has 3 rings (SSSR count). The Bertz CT molecular complexity index is 786. The Balaban J connectivity index is 1.35. The Morgan fingerprint density at radius 1 is 1.17 bits per heavy atom. The standard InChI is InChI=1S/C22H27Cl2N3O2/c1-29-18-6-4-16(5-7-18)13-25-10-2-3-21(28)17-8-11-27(12-9-17)22-19(23)14-26-15-20(22)24/h4-7,14-15,17,25H,2-3,8-13H2,1H3. The summed E-state index contributed by atoms with van der Waals surface area (Å²) >= 11 is 12.5. The highest BCUT2D eigenvalue weighted by molar-refractivity contribution is 6.38. The summed E-state index contributed by atoms with van der Waals surface area (Å²) in [5.41, 5.74) is 2.04. The van der Waals surface area contributed by atoms with Gasteiger partial charge in [0.25, 0.3) is 0 Å². The van der Waals surface area contributed by atoms with E-state index in [0.717, 1.165) is 56.9 Å². The Morgan fingerprint density at radius 3 is 2.45 bits per heavy atom. The van der Waals surface area contributed by atoms with Gasteiger partial charge in [0, 0.05) is 44.4 Å². The molecule has 0 spiro atoms. The lowest BCUT2D eigenvalue weighted by Gasteiger charge is -2.33. The highest BCUT2D eigenvalue weighted by atomic mass is 35.5. The molecule has 2 aromatic rings. The molecule has 1 aliphatic heterocycles. The van der Waals surface area contributed by atoms with E-state index in [1.807, 2.05) is 24.3 Å². The van der Waals surface area contributed by atoms with E-state index in [4.69, 9.17) is 27.9 Å². The average molecular weight is 436 g/mol. The predicted molar refractivity (Wildman–Crippen MR) is 118 cm³/mol. The second-order valence-corrected chi connectivity index (χ2v) is 8.12. The number of nitrogens with zero attached hydrogens (tertiary/aromatic N) is 2. The molecule has 1 aliphatic rings. The SMILES string of the molecule is COc1ccc(CNCCCC(=O)C2CCN(c3c(Cl)cncc3Cl)CC2)cc1. The summed E-state index contributed by atoms with van der Waals surface area (Å²) in [6.45, 7) is 3.20. The van der Waals surface area contributed by atoms with Crippen LogP contribution in [0.3, 0.4) is 0 Å². The van der Waals surface area contributed by atoms with E-state index in [-0.39, 0.29) is 5.92 Å². The predicted octanol–water partition coefficient (Wildman–Crippen LogP) is 4.75. The first-order valence-corrected chi connectivity index (χ1v) is 10.7. The molecule has 1 aromatic carbocycles. The summed E-state index contributed by atoms with van der Waals surface area (Å²) in [6.07, 6.45) is 6.38. The Morgan fingerprint density at radius 2 is 1.83 bits per heavy atom. The van der Waals surface area contributed by atoms with Gasteiger partial charge < -0.3 is 15.0 Å². The quantitative estimate of drug-likeness (QED) is 0.575. The molecule has 0 saturated carbocycles. The second-order valence-electron chi connectivity index (χ2n) is 7.31. The normalized spacial score (nSPS) is 14.8. The molecule has 0 aliphatic carbocycles. The van der Waals surface area contributed by atoms with E-state index in [0.29, 0.717) is 22.2 Å². The van der Waals surface area contributed by atoms with Gasteiger partial charge in [0.1, 0.15) is 11.5 Å². The summed E-state index contributed by atoms with van der Waals surface area (Å²) in [7, 11) is 1.66. The largest absolute Gasteiger partial charge is 0.497 e. The van der Waals surface area contributed by atoms with Gasteiger partial charge in [-0.15, -0.1) is 0 Å². The lowest BCUT2D eigenvalue weighted by molar-refractivity contribution is -0.123. The molecule has 0 radical (unpaired) electrons. The van der Waals surface area contributed by atoms with Crippen molar-refractivity contribution in [3.05, 3.63) is 52.3 Å². The van der Waals surface area contributed by atoms with Crippen LogP contribution in [0, 0.1) is 5.92 Å². The molecule has 5 nitrogen and oxygen atoms in total. The molecule has 29 heavy (non-hydrogen) atoms. The van der Waals surface area contributed by atoms with Crippen molar-refractivity contribution >= 4 is 34.7 Å². The number of Topliss-reactive ketones (excluding diaryl/α,β-unsaturated/α-hetero) is 1. The van der Waals surface area contributed by atoms with Gasteiger partial charge in [-0.3, -0.25) is 9.78 Å². The van der Waals surface area contributed by atoms with Crippen molar-refractivity contribution in [2.75, 3.05) is 31.6 Å². The Kier molecular flexibility index (Phi) is 8.16. The third kappa shape index (κ3) is 6.08. The number of halogens is 2. The first-order chi connectivity index (χ1) is 14.1. The van der Waals surface area contributed by atoms with Gasteiger partial charge >= 0.3 is 0 Å². The second kappa shape index (κ2) is 10.8. The fourth-order valence-electron chi connectivity index (χ4n) is 3.70. The molecule has 7 heteroatoms. The van der Waals surface area contributed by atoms with Crippen LogP contribution in [0.2, 0.25) is 10.0 Å². The van der Waals surface area contributed by atoms with Crippen molar-refractivity contribution in [1.29, 1.82) is 0 Å². The van der Waals surface area contributed by atoms with Crippen molar-refractivity contribution < 1.29 is 9.53 Å². The average Bonchev–Trinajstić information content (AvgIpc) is 2.74. The highest BCUT2D eigenvalue weighted by Crippen LogP contribution is 2.35. The summed E-state index contributed by atoms with van der Waals surface area (Å²) < 4.78 is 5.16. The zero-order valence-electron chi connectivity index (χ0n) is 16.7. The molecule has 1 fully saturated rings. The molecular weight excluding hydrogens is 409 g/mol. The van der Waals surface area contributed by atoms with Crippen LogP contribution in [0.5, 0.6) is 5.75 Å². The number of methoxy groups -OCH3 is 1. The highest BCUT2D eigenvalue weighted by Gasteiger charge is 2.26. The van der Waals surface area contributed by atoms with Gasteiger partial charge in [-0.1, -0.05) is 35.3 Å². The number of pyridine rings is 1. The van der Waals surface area contributed by atoms with Crippen molar-refractivity contribution in [1.82, 2.24) is 10.3 Å². The maximum Gasteiger partial charge on any atom is 0.136 e. The van der Waals surface area contributed by atoms with Gasteiger partial charge in [-0.05, 0) is 43.5 Å². The molecule has 0 amide bonds. The number of nitrogens with one attached hydrogen (secondary N) is 1. The monoisotopic (exact) mass is 435 g/mol. The topological polar surface area (TPSA) is 54.5 Å². The van der Waals surface area contributed by atoms with Crippen LogP contribution in [-0.4, -0.2) is 37.5 Å². The maximum absolute atomic E-state index is 12.6. The number of piperidine rings is 1. The number of ketones is 1. The number of carbonyl (C=O) groups excluding carboxylic acids is 1. The summed E-state index contributed by atoms with van der Waals surface area (Å²) in [4.78, 5) is 18.7. The minimum absolute atomic E-state index is 0.132. The lowest BCUT2D eigenvalue weighted by atomic mass is 9.90. The molecule has 156 valence electrons. The fraction of sp³-hybridized carbons (Fsp3) is 0.455. The van der Waals surface area contributed by atoms with Crippen molar-refractivity contribution in [2.45, 2.75) is 32.2 Å². The van der Waals surface area contributed by atoms with E-state index in [9.17, 15) is 4.79 Å². The number of hydrogen-bond donors (Lipinski definition) is 1. The molecular formula is C22H27Cl2N3O2. The van der Waals surface area contributed by atoms with Crippen LogP contribution in [0.1, 0.15) is 31.2 Å². The van der Waals surface area contributed by atoms with Crippen LogP contribution >= 0.6 is 23.2 Å². The van der Waals surface area contributed by atoms with Crippen LogP contribution in [0.25, 0.3) is 0 Å². The number of hydrogen-bond acceptors (Lipinski definition) is 5. The Labute approximate surface area is 182 Å². The molecule has 0 unspecified atom stereocenters. The van der Waals surface area contributed by atoms with Crippen LogP contribution in [-0.2, 0) is 11.3 Å². The zero-order valence-corrected chi connectivity index (χ0v) is 18.2. The number of ether oxygens (including phenoxy) is 1. The molecule has 0 bridgehead atoms. The van der Waals surface area contributed by atoms with Gasteiger partial charge in [0.15, 0.2) is 0 Å². The summed E-state index contributed by atoms with van der Waals surface area (Å²) in [5.74, 6) is 1.36. The van der Waals surface area contributed by atoms with Crippen molar-refractivity contribution in [3.8, 4) is 5.75 Å². The van der Waals surface area contributed by atoms with E-state index < -0.39 is 0 Å². The van der Waals surface area contributed by atoms with Gasteiger partial charge in [-0.2, -0.15) is 0 Å². The van der Waals surface area contributed by atoms with E-state index in [2.05, 4.69) is 15.2 Å². The van der Waals surface area contributed by atoms with Gasteiger partial charge in [-0.25, -0.2) is 0 Å². The zero-order chi connectivity index (χ0) is 20.6. The number of anilines is 1. The van der Waals surface area contributed by atoms with Crippen LogP contribution in [0.4, 0.5) is 5.69 Å². The molecule has 1 N–H and O–H groups in total. The van der Waals surface area contributed by atoms with Gasteiger partial charge in [0.05, 0.1) is 22.8 Å². The van der Waals surface area contributed by atoms with Crippen LogP contribution in [0.15, 0.2) is 36.7 Å². The number of carbonyl (C=O) groups is 1. The van der Waals surface area contributed by atoms with E-state index in [1.54, 1.807) is 19.5 Å². The fourth-order valence-corrected chi connectivity index (χ4v) is 4.30. The van der Waals surface area contributed by atoms with Crippen molar-refractivity contribution in [3.63, 3.8) is 0 Å². The van der Waals surface area contributed by atoms with E-state index in [1.165, 1.54) is 5.56 Å². The third-order valence-corrected chi connectivity index (χ3v) is 5.91. The lowest BCUT2D eigenvalue weighted by Crippen LogP contribution is -2.36. The smallest absolute Gasteiger partial charge is 0.136 e. The first kappa shape index (κ1) is 21.9. The van der Waals surface area contributed by atoms with Gasteiger partial charge in [0.2, 0.25) is 0 Å². The van der Waals surface area contributed by atoms with Crippen molar-refractivity contribution in [2.24, 2.45) is 5.92 Å². The molecule has 1 aromatic heterocycles. The summed E-state index contributed by atoms with van der Waals surface area (Å²) in [5, 5.41) is 4.52. The third-order valence-electron chi connectivity index (χ3n) is 5.36. The van der Waals surface area contributed by atoms with Crippen LogP contribution < -0.4 is 15.0 Å². The molecule has 2 heterocycles. The van der Waals surface area contributed by atoms with E-state index >= 15 is 0 Å². The minimum atomic E-state index is 0.132. The summed E-state index contributed by atoms with van der Waals surface area (Å²) in [6, 6.07) is 8.01. The minimum Gasteiger partial charge on any atom is -0.497 e. The maximum atomic E-state index is 12.6. The molecule has 1 saturated heterocycles. The number of benzene rings is 1. The number of rotatable bonds is 9. The first-order valence-electron chi connectivity index (χ1n) is 9.99.